The number of hydrogen-bond donors (Lipinski definition) is 0. The molecule has 2 aromatic heterocycles. The third-order valence-electron chi connectivity index (χ3n) is 3.25. The van der Waals surface area contributed by atoms with Gasteiger partial charge in [0.05, 0.1) is 0 Å². The van der Waals surface area contributed by atoms with Crippen molar-refractivity contribution in [2.75, 3.05) is 0 Å². The average molecular weight is 258 g/mol. The van der Waals surface area contributed by atoms with Crippen molar-refractivity contribution in [2.24, 2.45) is 22.0 Å². The minimum atomic E-state index is 0.263. The van der Waals surface area contributed by atoms with E-state index in [0.717, 1.165) is 17.8 Å². The third-order valence-corrected chi connectivity index (χ3v) is 3.25. The highest BCUT2D eigenvalue weighted by Gasteiger charge is 2.50. The monoisotopic (exact) mass is 258 g/mol. The molecule has 0 saturated heterocycles. The zero-order valence-corrected chi connectivity index (χ0v) is 10.4. The maximum atomic E-state index is 5.39. The predicted molar refractivity (Wildman–Crippen MR) is 62.7 cm³/mol. The van der Waals surface area contributed by atoms with Gasteiger partial charge in [-0.15, -0.1) is 30.6 Å². The Morgan fingerprint density at radius 3 is 1.63 bits per heavy atom. The Morgan fingerprint density at radius 2 is 1.26 bits per heavy atom. The molecule has 1 aliphatic heterocycles. The molecule has 1 aliphatic carbocycles. The first-order chi connectivity index (χ1) is 9.22. The molecule has 1 fully saturated rings. The Balaban J connectivity index is 1.72. The molecule has 3 heterocycles. The van der Waals surface area contributed by atoms with E-state index < -0.39 is 0 Å². The van der Waals surface area contributed by atoms with Crippen LogP contribution >= 0.6 is 0 Å². The van der Waals surface area contributed by atoms with E-state index in [2.05, 4.69) is 30.6 Å². The molecule has 0 amide bonds. The van der Waals surface area contributed by atoms with Crippen molar-refractivity contribution in [1.82, 2.24) is 20.4 Å². The van der Waals surface area contributed by atoms with Crippen molar-refractivity contribution < 1.29 is 8.83 Å². The highest BCUT2D eigenvalue weighted by atomic mass is 16.4. The number of hydrogen-bond acceptors (Lipinski definition) is 8. The molecule has 0 spiro atoms. The van der Waals surface area contributed by atoms with E-state index in [1.807, 2.05) is 0 Å². The summed E-state index contributed by atoms with van der Waals surface area (Å²) in [6.45, 7) is 3.50. The molecule has 96 valence electrons. The highest BCUT2D eigenvalue weighted by Crippen LogP contribution is 2.45. The van der Waals surface area contributed by atoms with E-state index in [-0.39, 0.29) is 11.8 Å². The van der Waals surface area contributed by atoms with Gasteiger partial charge in [-0.1, -0.05) is 0 Å². The fourth-order valence-corrected chi connectivity index (χ4v) is 2.26. The van der Waals surface area contributed by atoms with Gasteiger partial charge in [0.15, 0.2) is 0 Å². The molecule has 8 nitrogen and oxygen atoms in total. The number of nitrogens with zero attached hydrogens (tertiary/aromatic N) is 6. The molecule has 0 radical (unpaired) electrons. The van der Waals surface area contributed by atoms with Crippen molar-refractivity contribution in [3.8, 4) is 0 Å². The molecular formula is C11H10N6O2. The van der Waals surface area contributed by atoms with Gasteiger partial charge < -0.3 is 8.83 Å². The van der Waals surface area contributed by atoms with Gasteiger partial charge in [0, 0.05) is 25.7 Å². The van der Waals surface area contributed by atoms with Crippen molar-refractivity contribution in [1.29, 1.82) is 0 Å². The van der Waals surface area contributed by atoms with Crippen molar-refractivity contribution in [3.05, 3.63) is 23.6 Å². The van der Waals surface area contributed by atoms with Crippen molar-refractivity contribution >= 4 is 11.4 Å². The largest absolute Gasteiger partial charge is 0.420 e. The Bertz CT molecular complexity index is 652. The molecule has 2 aliphatic rings. The maximum absolute atomic E-state index is 5.39. The van der Waals surface area contributed by atoms with Gasteiger partial charge in [0.25, 0.3) is 11.8 Å². The summed E-state index contributed by atoms with van der Waals surface area (Å²) in [7, 11) is 0. The second kappa shape index (κ2) is 3.56. The van der Waals surface area contributed by atoms with Crippen LogP contribution in [0.25, 0.3) is 0 Å². The lowest BCUT2D eigenvalue weighted by Gasteiger charge is -2.05. The van der Waals surface area contributed by atoms with Crippen LogP contribution in [0.2, 0.25) is 0 Å². The summed E-state index contributed by atoms with van der Waals surface area (Å²) in [6.07, 6.45) is 0.945. The lowest BCUT2D eigenvalue weighted by Crippen LogP contribution is -2.16. The molecule has 0 unspecified atom stereocenters. The zero-order valence-electron chi connectivity index (χ0n) is 10.4. The van der Waals surface area contributed by atoms with Crippen LogP contribution in [0.1, 0.15) is 30.0 Å². The van der Waals surface area contributed by atoms with Crippen LogP contribution in [0.15, 0.2) is 19.0 Å². The lowest BCUT2D eigenvalue weighted by molar-refractivity contribution is 0.503. The predicted octanol–water partition coefficient (Wildman–Crippen LogP) is 0.913. The summed E-state index contributed by atoms with van der Waals surface area (Å²) in [4.78, 5) is 0. The lowest BCUT2D eigenvalue weighted by atomic mass is 10.1. The first-order valence-electron chi connectivity index (χ1n) is 5.99. The average Bonchev–Trinajstić information content (AvgIpc) is 2.90. The zero-order chi connectivity index (χ0) is 13.0. The number of rotatable bonds is 2. The summed E-state index contributed by atoms with van der Waals surface area (Å²) in [5.41, 5.74) is 1.51. The Hall–Kier alpha value is -2.38. The van der Waals surface area contributed by atoms with E-state index in [1.54, 1.807) is 13.8 Å². The van der Waals surface area contributed by atoms with Crippen molar-refractivity contribution in [3.63, 3.8) is 0 Å². The Labute approximate surface area is 107 Å². The quantitative estimate of drug-likeness (QED) is 0.793. The SMILES string of the molecule is Cc1nnc(C2=NN=C(c3nnc(C)o3)[C@@H]3C[C@H]23)o1. The minimum absolute atomic E-state index is 0.263. The van der Waals surface area contributed by atoms with Crippen LogP contribution < -0.4 is 0 Å². The maximum Gasteiger partial charge on any atom is 0.264 e. The van der Waals surface area contributed by atoms with Gasteiger partial charge in [-0.2, -0.15) is 0 Å². The van der Waals surface area contributed by atoms with Gasteiger partial charge in [-0.3, -0.25) is 0 Å². The Kier molecular flexibility index (Phi) is 1.97. The smallest absolute Gasteiger partial charge is 0.264 e. The number of fused-ring (bicyclic) bond motifs is 1. The van der Waals surface area contributed by atoms with Crippen LogP contribution in [0.3, 0.4) is 0 Å². The Morgan fingerprint density at radius 1 is 0.789 bits per heavy atom. The summed E-state index contributed by atoms with van der Waals surface area (Å²) >= 11 is 0. The highest BCUT2D eigenvalue weighted by molar-refractivity contribution is 6.11. The second-order valence-electron chi connectivity index (χ2n) is 4.67. The molecule has 0 N–H and O–H groups in total. The van der Waals surface area contributed by atoms with Gasteiger partial charge in [0.1, 0.15) is 11.4 Å². The fourth-order valence-electron chi connectivity index (χ4n) is 2.26. The third kappa shape index (κ3) is 1.60. The topological polar surface area (TPSA) is 103 Å². The molecule has 2 aromatic rings. The normalized spacial score (nSPS) is 24.7. The number of aryl methyl sites for hydroxylation is 2. The molecular weight excluding hydrogens is 248 g/mol. The van der Waals surface area contributed by atoms with Gasteiger partial charge >= 0.3 is 0 Å². The fraction of sp³-hybridized carbons (Fsp3) is 0.455. The van der Waals surface area contributed by atoms with Crippen LogP contribution in [-0.2, 0) is 0 Å². The summed E-state index contributed by atoms with van der Waals surface area (Å²) < 4.78 is 10.8. The van der Waals surface area contributed by atoms with Gasteiger partial charge in [-0.25, -0.2) is 0 Å². The summed E-state index contributed by atoms with van der Waals surface area (Å²) in [5.74, 6) is 2.48. The van der Waals surface area contributed by atoms with E-state index >= 15 is 0 Å². The summed E-state index contributed by atoms with van der Waals surface area (Å²) in [5, 5.41) is 23.9. The van der Waals surface area contributed by atoms with Crippen LogP contribution in [0.5, 0.6) is 0 Å². The molecule has 0 bridgehead atoms. The van der Waals surface area contributed by atoms with Crippen LogP contribution in [-0.4, -0.2) is 31.8 Å². The first kappa shape index (κ1) is 10.5. The van der Waals surface area contributed by atoms with E-state index in [0.29, 0.717) is 23.6 Å². The molecule has 8 heteroatoms. The van der Waals surface area contributed by atoms with Crippen LogP contribution in [0, 0.1) is 25.7 Å². The van der Waals surface area contributed by atoms with Crippen molar-refractivity contribution in [2.45, 2.75) is 20.3 Å². The molecule has 0 aromatic carbocycles. The minimum Gasteiger partial charge on any atom is -0.420 e. The number of aromatic nitrogens is 4. The first-order valence-corrected chi connectivity index (χ1v) is 5.99. The standard InChI is InChI=1S/C11H10N6O2/c1-4-12-16-10(18-4)8-6-3-7(6)9(15-14-8)11-17-13-5(2)19-11/h6-7H,3H2,1-2H3/t6-,7+. The van der Waals surface area contributed by atoms with Gasteiger partial charge in [-0.05, 0) is 6.42 Å². The molecule has 4 rings (SSSR count). The summed E-state index contributed by atoms with van der Waals surface area (Å²) in [6, 6.07) is 0. The molecule has 2 atom stereocenters. The van der Waals surface area contributed by atoms with Gasteiger partial charge in [0.2, 0.25) is 11.8 Å². The van der Waals surface area contributed by atoms with E-state index in [4.69, 9.17) is 8.83 Å². The van der Waals surface area contributed by atoms with E-state index in [9.17, 15) is 0 Å². The van der Waals surface area contributed by atoms with Crippen LogP contribution in [0.4, 0.5) is 0 Å². The molecule has 1 saturated carbocycles. The second-order valence-corrected chi connectivity index (χ2v) is 4.67. The molecule has 19 heavy (non-hydrogen) atoms. The van der Waals surface area contributed by atoms with E-state index in [1.165, 1.54) is 0 Å².